The highest BCUT2D eigenvalue weighted by Gasteiger charge is 2.30. The molecule has 3 rings (SSSR count). The molecular weight excluding hydrogens is 194 g/mol. The van der Waals surface area contributed by atoms with Gasteiger partial charge in [-0.3, -0.25) is 9.59 Å². The summed E-state index contributed by atoms with van der Waals surface area (Å²) in [4.78, 5) is 24.5. The van der Waals surface area contributed by atoms with Crippen molar-refractivity contribution in [1.82, 2.24) is 0 Å². The van der Waals surface area contributed by atoms with Crippen LogP contribution >= 0.6 is 0 Å². The fraction of sp³-hybridized carbons (Fsp3) is 0.273. The van der Waals surface area contributed by atoms with Crippen molar-refractivity contribution >= 4 is 17.4 Å². The Balaban J connectivity index is 2.20. The van der Waals surface area contributed by atoms with Gasteiger partial charge in [0.2, 0.25) is 11.7 Å². The van der Waals surface area contributed by atoms with Crippen LogP contribution in [0, 0.1) is 0 Å². The molecule has 0 fully saturated rings. The first-order valence-corrected chi connectivity index (χ1v) is 4.76. The second-order valence-electron chi connectivity index (χ2n) is 3.82. The maximum Gasteiger partial charge on any atom is 0.231 e. The van der Waals surface area contributed by atoms with E-state index in [1.807, 2.05) is 0 Å². The monoisotopic (exact) mass is 203 g/mol. The van der Waals surface area contributed by atoms with E-state index in [0.29, 0.717) is 17.7 Å². The fourth-order valence-electron chi connectivity index (χ4n) is 2.04. The lowest BCUT2D eigenvalue weighted by atomic mass is 10.1. The predicted molar refractivity (Wildman–Crippen MR) is 53.4 cm³/mol. The van der Waals surface area contributed by atoms with Gasteiger partial charge >= 0.3 is 0 Å². The molecule has 0 aliphatic carbocycles. The highest BCUT2D eigenvalue weighted by molar-refractivity contribution is 6.07. The number of nitrogens with zero attached hydrogens (tertiary/aromatic N) is 1. The van der Waals surface area contributed by atoms with E-state index in [1.165, 1.54) is 0 Å². The quantitative estimate of drug-likeness (QED) is 0.626. The second-order valence-corrected chi connectivity index (χ2v) is 3.82. The average molecular weight is 203 g/mol. The number of rotatable bonds is 0. The number of likely N-dealkylation sites (N-methyl/N-ethyl adjacent to an activating group) is 1. The van der Waals surface area contributed by atoms with Crippen LogP contribution in [0.25, 0.3) is 0 Å². The van der Waals surface area contributed by atoms with Gasteiger partial charge in [0.1, 0.15) is 5.75 Å². The van der Waals surface area contributed by atoms with Crippen molar-refractivity contribution in [3.05, 3.63) is 23.3 Å². The largest absolute Gasteiger partial charge is 0.485 e. The van der Waals surface area contributed by atoms with E-state index < -0.39 is 0 Å². The highest BCUT2D eigenvalue weighted by atomic mass is 16.5. The minimum Gasteiger partial charge on any atom is -0.485 e. The molecule has 2 heterocycles. The third-order valence-electron chi connectivity index (χ3n) is 2.92. The smallest absolute Gasteiger partial charge is 0.231 e. The van der Waals surface area contributed by atoms with Gasteiger partial charge in [-0.05, 0) is 17.7 Å². The number of Topliss-reactive ketones (excluding diaryl/α,β-unsaturated/α-hetero) is 1. The Hall–Kier alpha value is -1.84. The molecule has 2 aliphatic heterocycles. The molecule has 0 bridgehead atoms. The zero-order valence-corrected chi connectivity index (χ0v) is 8.24. The number of benzene rings is 1. The van der Waals surface area contributed by atoms with E-state index in [0.717, 1.165) is 11.3 Å². The zero-order chi connectivity index (χ0) is 10.6. The van der Waals surface area contributed by atoms with Crippen molar-refractivity contribution in [3.8, 4) is 5.75 Å². The van der Waals surface area contributed by atoms with Gasteiger partial charge < -0.3 is 9.64 Å². The Bertz CT molecular complexity index is 493. The second kappa shape index (κ2) is 2.59. The van der Waals surface area contributed by atoms with Crippen LogP contribution in [0.5, 0.6) is 5.75 Å². The summed E-state index contributed by atoms with van der Waals surface area (Å²) in [7, 11) is 1.72. The van der Waals surface area contributed by atoms with Gasteiger partial charge in [-0.1, -0.05) is 0 Å². The first kappa shape index (κ1) is 8.47. The normalized spacial score (nSPS) is 17.8. The summed E-state index contributed by atoms with van der Waals surface area (Å²) in [6, 6.07) is 3.56. The first-order valence-electron chi connectivity index (χ1n) is 4.76. The molecule has 1 amide bonds. The molecule has 0 unspecified atom stereocenters. The van der Waals surface area contributed by atoms with Crippen molar-refractivity contribution in [3.63, 3.8) is 0 Å². The van der Waals surface area contributed by atoms with Crippen molar-refractivity contribution in [1.29, 1.82) is 0 Å². The van der Waals surface area contributed by atoms with Gasteiger partial charge in [-0.15, -0.1) is 0 Å². The van der Waals surface area contributed by atoms with Crippen LogP contribution in [0.1, 0.15) is 15.9 Å². The van der Waals surface area contributed by atoms with Crippen LogP contribution < -0.4 is 9.64 Å². The molecule has 1 aromatic rings. The third-order valence-corrected chi connectivity index (χ3v) is 2.92. The number of carbonyl (C=O) groups is 2. The molecule has 0 atom stereocenters. The molecule has 0 aromatic heterocycles. The van der Waals surface area contributed by atoms with E-state index in [1.54, 1.807) is 24.1 Å². The standard InChI is InChI=1S/C11H9NO3/c1-12-8-4-7-9(13)5-15-10(7)2-6(8)3-11(12)14/h2,4H,3,5H2,1H3. The van der Waals surface area contributed by atoms with Crippen LogP contribution in [0.3, 0.4) is 0 Å². The SMILES string of the molecule is CN1C(=O)Cc2cc3c(cc21)C(=O)CO3. The predicted octanol–water partition coefficient (Wildman–Crippen LogP) is 0.781. The molecule has 0 radical (unpaired) electrons. The van der Waals surface area contributed by atoms with E-state index >= 15 is 0 Å². The number of ketones is 1. The lowest BCUT2D eigenvalue weighted by molar-refractivity contribution is -0.117. The zero-order valence-electron chi connectivity index (χ0n) is 8.24. The Morgan fingerprint density at radius 2 is 2.13 bits per heavy atom. The summed E-state index contributed by atoms with van der Waals surface area (Å²) in [5.41, 5.74) is 2.36. The van der Waals surface area contributed by atoms with Crippen LogP contribution in [-0.2, 0) is 11.2 Å². The summed E-state index contributed by atoms with van der Waals surface area (Å²) in [5, 5.41) is 0. The van der Waals surface area contributed by atoms with E-state index in [4.69, 9.17) is 4.74 Å². The Labute approximate surface area is 86.4 Å². The number of fused-ring (bicyclic) bond motifs is 2. The summed E-state index contributed by atoms with van der Waals surface area (Å²) < 4.78 is 5.23. The summed E-state index contributed by atoms with van der Waals surface area (Å²) in [6.07, 6.45) is 0.399. The number of ether oxygens (including phenoxy) is 1. The molecule has 15 heavy (non-hydrogen) atoms. The molecule has 76 valence electrons. The lowest BCUT2D eigenvalue weighted by Gasteiger charge is -2.10. The van der Waals surface area contributed by atoms with Gasteiger partial charge in [-0.25, -0.2) is 0 Å². The molecule has 1 aromatic carbocycles. The van der Waals surface area contributed by atoms with Gasteiger partial charge in [0.05, 0.1) is 12.0 Å². The number of hydrogen-bond donors (Lipinski definition) is 0. The van der Waals surface area contributed by atoms with Crippen molar-refractivity contribution < 1.29 is 14.3 Å². The maximum atomic E-state index is 11.4. The van der Waals surface area contributed by atoms with E-state index in [2.05, 4.69) is 0 Å². The fourth-order valence-corrected chi connectivity index (χ4v) is 2.04. The van der Waals surface area contributed by atoms with Gasteiger partial charge in [0, 0.05) is 12.7 Å². The van der Waals surface area contributed by atoms with E-state index in [-0.39, 0.29) is 18.3 Å². The number of hydrogen-bond acceptors (Lipinski definition) is 3. The van der Waals surface area contributed by atoms with Crippen molar-refractivity contribution in [2.75, 3.05) is 18.6 Å². The summed E-state index contributed by atoms with van der Waals surface area (Å²) >= 11 is 0. The van der Waals surface area contributed by atoms with Gasteiger partial charge in [0.25, 0.3) is 0 Å². The van der Waals surface area contributed by atoms with Crippen LogP contribution in [-0.4, -0.2) is 25.3 Å². The average Bonchev–Trinajstić information content (AvgIpc) is 2.69. The highest BCUT2D eigenvalue weighted by Crippen LogP contribution is 2.36. The van der Waals surface area contributed by atoms with Crippen LogP contribution in [0.15, 0.2) is 12.1 Å². The molecule has 0 spiro atoms. The molecule has 2 aliphatic rings. The molecule has 0 saturated carbocycles. The first-order chi connectivity index (χ1) is 7.16. The van der Waals surface area contributed by atoms with Crippen LogP contribution in [0.2, 0.25) is 0 Å². The van der Waals surface area contributed by atoms with Crippen molar-refractivity contribution in [2.45, 2.75) is 6.42 Å². The molecule has 4 heteroatoms. The Kier molecular flexibility index (Phi) is 1.46. The number of carbonyl (C=O) groups excluding carboxylic acids is 2. The van der Waals surface area contributed by atoms with E-state index in [9.17, 15) is 9.59 Å². The number of anilines is 1. The molecule has 0 saturated heterocycles. The number of amides is 1. The van der Waals surface area contributed by atoms with Crippen molar-refractivity contribution in [2.24, 2.45) is 0 Å². The third kappa shape index (κ3) is 1.02. The Morgan fingerprint density at radius 1 is 1.33 bits per heavy atom. The molecule has 4 nitrogen and oxygen atoms in total. The van der Waals surface area contributed by atoms with Gasteiger partial charge in [0.15, 0.2) is 6.61 Å². The molecular formula is C11H9NO3. The minimum absolute atomic E-state index is 0.0134. The lowest BCUT2D eigenvalue weighted by Crippen LogP contribution is -2.20. The van der Waals surface area contributed by atoms with Gasteiger partial charge in [-0.2, -0.15) is 0 Å². The summed E-state index contributed by atoms with van der Waals surface area (Å²) in [6.45, 7) is 0.121. The maximum absolute atomic E-state index is 11.4. The summed E-state index contributed by atoms with van der Waals surface area (Å²) in [5.74, 6) is 0.656. The van der Waals surface area contributed by atoms with Crippen LogP contribution in [0.4, 0.5) is 5.69 Å². The topological polar surface area (TPSA) is 46.6 Å². The Morgan fingerprint density at radius 3 is 2.93 bits per heavy atom. The minimum atomic E-state index is -0.0134. The molecule has 0 N–H and O–H groups in total.